The first-order valence-corrected chi connectivity index (χ1v) is 7.50. The van der Waals surface area contributed by atoms with Gasteiger partial charge in [-0.2, -0.15) is 5.26 Å². The third kappa shape index (κ3) is 3.52. The van der Waals surface area contributed by atoms with Gasteiger partial charge in [0.05, 0.1) is 6.07 Å². The van der Waals surface area contributed by atoms with Crippen molar-refractivity contribution in [2.24, 2.45) is 5.92 Å². The highest BCUT2D eigenvalue weighted by Gasteiger charge is 2.46. The molecule has 1 aromatic rings. The molecule has 1 aromatic carbocycles. The maximum absolute atomic E-state index is 9.60. The minimum atomic E-state index is -0.544. The summed E-state index contributed by atoms with van der Waals surface area (Å²) in [7, 11) is 0. The molecule has 1 N–H and O–H groups in total. The minimum absolute atomic E-state index is 0.279. The Morgan fingerprint density at radius 2 is 2.00 bits per heavy atom. The Hall–Kier alpha value is -1.53. The van der Waals surface area contributed by atoms with Crippen molar-refractivity contribution >= 4 is 0 Å². The summed E-state index contributed by atoms with van der Waals surface area (Å²) in [5.41, 5.74) is 0.754. The molecule has 1 aliphatic rings. The van der Waals surface area contributed by atoms with Gasteiger partial charge in [0.25, 0.3) is 0 Å². The van der Waals surface area contributed by atoms with Gasteiger partial charge in [-0.1, -0.05) is 19.1 Å². The molecule has 0 aliphatic heterocycles. The number of nitrogens with zero attached hydrogens (tertiary/aromatic N) is 1. The fraction of sp³-hybridized carbons (Fsp3) is 0.588. The molecule has 0 heterocycles. The lowest BCUT2D eigenvalue weighted by Crippen LogP contribution is -2.53. The summed E-state index contributed by atoms with van der Waals surface area (Å²) < 4.78 is 5.88. The van der Waals surface area contributed by atoms with Crippen molar-refractivity contribution in [1.82, 2.24) is 5.32 Å². The summed E-state index contributed by atoms with van der Waals surface area (Å²) in [6.45, 7) is 6.70. The van der Waals surface area contributed by atoms with E-state index in [-0.39, 0.29) is 6.04 Å². The van der Waals surface area contributed by atoms with Gasteiger partial charge in [0.1, 0.15) is 17.9 Å². The van der Waals surface area contributed by atoms with Gasteiger partial charge in [0.2, 0.25) is 0 Å². The van der Waals surface area contributed by atoms with E-state index >= 15 is 0 Å². The predicted octanol–water partition coefficient (Wildman–Crippen LogP) is 3.30. The van der Waals surface area contributed by atoms with Gasteiger partial charge in [-0.25, -0.2) is 0 Å². The lowest BCUT2D eigenvalue weighted by atomic mass is 9.95. The first kappa shape index (κ1) is 14.9. The molecule has 1 aliphatic carbocycles. The molecule has 0 bridgehead atoms. The maximum atomic E-state index is 9.60. The lowest BCUT2D eigenvalue weighted by molar-refractivity contribution is 0.192. The van der Waals surface area contributed by atoms with Crippen LogP contribution in [0.25, 0.3) is 0 Å². The molecular weight excluding hydrogens is 248 g/mol. The van der Waals surface area contributed by atoms with Crippen molar-refractivity contribution in [3.05, 3.63) is 29.8 Å². The van der Waals surface area contributed by atoms with E-state index in [2.05, 4.69) is 44.3 Å². The van der Waals surface area contributed by atoms with Crippen LogP contribution in [0.3, 0.4) is 0 Å². The van der Waals surface area contributed by atoms with Crippen LogP contribution in [0.4, 0.5) is 0 Å². The predicted molar refractivity (Wildman–Crippen MR) is 80.7 cm³/mol. The number of aryl methyl sites for hydroxylation is 1. The molecular formula is C17H24N2O. The van der Waals surface area contributed by atoms with Crippen molar-refractivity contribution in [3.63, 3.8) is 0 Å². The van der Waals surface area contributed by atoms with Crippen molar-refractivity contribution in [2.75, 3.05) is 6.61 Å². The van der Waals surface area contributed by atoms with Crippen LogP contribution < -0.4 is 10.1 Å². The Labute approximate surface area is 121 Å². The van der Waals surface area contributed by atoms with Crippen molar-refractivity contribution in [2.45, 2.75) is 51.6 Å². The summed E-state index contributed by atoms with van der Waals surface area (Å²) in [5.74, 6) is 1.26. The highest BCUT2D eigenvalue weighted by molar-refractivity contribution is 5.28. The van der Waals surface area contributed by atoms with Gasteiger partial charge < -0.3 is 4.74 Å². The quantitative estimate of drug-likeness (QED) is 0.828. The van der Waals surface area contributed by atoms with Crippen LogP contribution in [0.2, 0.25) is 0 Å². The van der Waals surface area contributed by atoms with Crippen LogP contribution in [0, 0.1) is 17.2 Å². The topological polar surface area (TPSA) is 45.0 Å². The average molecular weight is 272 g/mol. The number of nitriles is 1. The van der Waals surface area contributed by atoms with E-state index in [4.69, 9.17) is 4.74 Å². The highest BCUT2D eigenvalue weighted by atomic mass is 16.5. The van der Waals surface area contributed by atoms with Crippen molar-refractivity contribution in [3.8, 4) is 11.8 Å². The van der Waals surface area contributed by atoms with Gasteiger partial charge in [-0.3, -0.25) is 5.32 Å². The molecule has 3 nitrogen and oxygen atoms in total. The molecule has 1 unspecified atom stereocenters. The average Bonchev–Trinajstić information content (AvgIpc) is 3.28. The highest BCUT2D eigenvalue weighted by Crippen LogP contribution is 2.40. The molecule has 0 radical (unpaired) electrons. The summed E-state index contributed by atoms with van der Waals surface area (Å²) in [4.78, 5) is 0. The number of ether oxygens (including phenoxy) is 1. The van der Waals surface area contributed by atoms with Crippen molar-refractivity contribution < 1.29 is 4.74 Å². The lowest BCUT2D eigenvalue weighted by Gasteiger charge is -2.30. The van der Waals surface area contributed by atoms with Crippen LogP contribution >= 0.6 is 0 Å². The van der Waals surface area contributed by atoms with Gasteiger partial charge in [0.15, 0.2) is 0 Å². The molecule has 108 valence electrons. The fourth-order valence-electron chi connectivity index (χ4n) is 2.54. The number of hydrogen-bond donors (Lipinski definition) is 1. The second kappa shape index (κ2) is 6.28. The molecule has 20 heavy (non-hydrogen) atoms. The molecule has 1 fully saturated rings. The Kier molecular flexibility index (Phi) is 4.67. The summed E-state index contributed by atoms with van der Waals surface area (Å²) in [6, 6.07) is 10.9. The Balaban J connectivity index is 2.02. The smallest absolute Gasteiger partial charge is 0.144 e. The first-order chi connectivity index (χ1) is 9.59. The van der Waals surface area contributed by atoms with Crippen LogP contribution in [-0.4, -0.2) is 18.2 Å². The molecule has 0 aromatic heterocycles. The second-order valence-electron chi connectivity index (χ2n) is 5.94. The fourth-order valence-corrected chi connectivity index (χ4v) is 2.54. The second-order valence-corrected chi connectivity index (χ2v) is 5.94. The number of nitrogens with one attached hydrogen (secondary N) is 1. The van der Waals surface area contributed by atoms with Gasteiger partial charge in [0, 0.05) is 6.04 Å². The molecule has 0 amide bonds. The Bertz CT molecular complexity index is 471. The van der Waals surface area contributed by atoms with Gasteiger partial charge in [-0.15, -0.1) is 0 Å². The molecule has 0 spiro atoms. The zero-order valence-electron chi connectivity index (χ0n) is 12.6. The summed E-state index contributed by atoms with van der Waals surface area (Å²) in [5, 5.41) is 13.0. The van der Waals surface area contributed by atoms with E-state index in [9.17, 15) is 5.26 Å². The van der Waals surface area contributed by atoms with E-state index < -0.39 is 5.54 Å². The molecule has 1 atom stereocenters. The van der Waals surface area contributed by atoms with Crippen LogP contribution in [0.5, 0.6) is 5.75 Å². The molecule has 0 saturated heterocycles. The monoisotopic (exact) mass is 272 g/mol. The first-order valence-electron chi connectivity index (χ1n) is 7.50. The van der Waals surface area contributed by atoms with Gasteiger partial charge >= 0.3 is 0 Å². The maximum Gasteiger partial charge on any atom is 0.144 e. The zero-order valence-corrected chi connectivity index (χ0v) is 12.6. The number of hydrogen-bond acceptors (Lipinski definition) is 3. The molecule has 2 rings (SSSR count). The molecule has 3 heteroatoms. The largest absolute Gasteiger partial charge is 0.491 e. The van der Waals surface area contributed by atoms with Crippen LogP contribution in [0.1, 0.15) is 39.2 Å². The third-order valence-electron chi connectivity index (χ3n) is 3.82. The normalized spacial score (nSPS) is 17.6. The zero-order chi connectivity index (χ0) is 14.6. The van der Waals surface area contributed by atoms with Gasteiger partial charge in [-0.05, 0) is 56.7 Å². The Morgan fingerprint density at radius 3 is 2.45 bits per heavy atom. The SMILES string of the molecule is CCc1ccc(OCC(C#N)(NC(C)C)C2CC2)cc1. The third-order valence-corrected chi connectivity index (χ3v) is 3.82. The van der Waals surface area contributed by atoms with E-state index in [1.165, 1.54) is 5.56 Å². The van der Waals surface area contributed by atoms with E-state index in [0.29, 0.717) is 12.5 Å². The standard InChI is InChI=1S/C17H24N2O/c1-4-14-5-9-16(10-6-14)20-12-17(11-18,15-7-8-15)19-13(2)3/h5-6,9-10,13,15,19H,4,7-8,12H2,1-3H3. The van der Waals surface area contributed by atoms with Crippen molar-refractivity contribution in [1.29, 1.82) is 5.26 Å². The number of rotatable bonds is 7. The number of benzene rings is 1. The van der Waals surface area contributed by atoms with E-state index in [1.54, 1.807) is 0 Å². The van der Waals surface area contributed by atoms with Crippen LogP contribution in [-0.2, 0) is 6.42 Å². The summed E-state index contributed by atoms with van der Waals surface area (Å²) in [6.07, 6.45) is 3.26. The molecule has 1 saturated carbocycles. The summed E-state index contributed by atoms with van der Waals surface area (Å²) >= 11 is 0. The minimum Gasteiger partial charge on any atom is -0.491 e. The van der Waals surface area contributed by atoms with E-state index in [1.807, 2.05) is 12.1 Å². The Morgan fingerprint density at radius 1 is 1.35 bits per heavy atom. The van der Waals surface area contributed by atoms with E-state index in [0.717, 1.165) is 25.0 Å². The van der Waals surface area contributed by atoms with Crippen LogP contribution in [0.15, 0.2) is 24.3 Å².